The third-order valence-corrected chi connectivity index (χ3v) is 3.93. The largest absolute Gasteiger partial charge is 0.397 e. The van der Waals surface area contributed by atoms with E-state index in [-0.39, 0.29) is 0 Å². The van der Waals surface area contributed by atoms with Crippen LogP contribution < -0.4 is 11.1 Å². The van der Waals surface area contributed by atoms with Crippen molar-refractivity contribution in [1.29, 1.82) is 0 Å². The van der Waals surface area contributed by atoms with Crippen LogP contribution in [0.4, 0.5) is 34.1 Å². The van der Waals surface area contributed by atoms with Gasteiger partial charge in [-0.25, -0.2) is 0 Å². The first kappa shape index (κ1) is 18.3. The van der Waals surface area contributed by atoms with E-state index in [0.717, 1.165) is 22.6 Å². The minimum atomic E-state index is 0.572. The van der Waals surface area contributed by atoms with E-state index in [4.69, 9.17) is 5.73 Å². The Morgan fingerprint density at radius 3 is 1.93 bits per heavy atom. The van der Waals surface area contributed by atoms with Crippen LogP contribution >= 0.6 is 0 Å². The second kappa shape index (κ2) is 8.71. The number of hydrogen-bond donors (Lipinski definition) is 2. The Kier molecular flexibility index (Phi) is 5.89. The van der Waals surface area contributed by atoms with Crippen LogP contribution in [0.25, 0.3) is 0 Å². The molecule has 0 spiro atoms. The lowest BCUT2D eigenvalue weighted by Crippen LogP contribution is -2.00. The van der Waals surface area contributed by atoms with E-state index in [1.165, 1.54) is 0 Å². The molecular weight excluding hydrogens is 336 g/mol. The summed E-state index contributed by atoms with van der Waals surface area (Å²) in [5.74, 6) is 0. The first-order valence-corrected chi connectivity index (χ1v) is 8.79. The summed E-state index contributed by atoms with van der Waals surface area (Å²) in [4.78, 5) is 0. The SMILES string of the molecule is CCNc1c(N=Nc2ccccc2)cc(C)c(N)c1N=Nc1ccccc1. The molecule has 0 radical (unpaired) electrons. The summed E-state index contributed by atoms with van der Waals surface area (Å²) in [7, 11) is 0. The topological polar surface area (TPSA) is 87.5 Å². The van der Waals surface area contributed by atoms with Crippen LogP contribution in [-0.4, -0.2) is 6.54 Å². The van der Waals surface area contributed by atoms with Gasteiger partial charge in [-0.3, -0.25) is 0 Å². The van der Waals surface area contributed by atoms with Crippen LogP contribution in [-0.2, 0) is 0 Å². The number of nitrogens with zero attached hydrogens (tertiary/aromatic N) is 4. The highest BCUT2D eigenvalue weighted by atomic mass is 15.2. The second-order valence-electron chi connectivity index (χ2n) is 5.95. The first-order valence-electron chi connectivity index (χ1n) is 8.79. The van der Waals surface area contributed by atoms with Crippen molar-refractivity contribution in [3.8, 4) is 0 Å². The molecule has 0 aliphatic rings. The third kappa shape index (κ3) is 4.55. The molecule has 3 rings (SSSR count). The Labute approximate surface area is 158 Å². The average molecular weight is 358 g/mol. The van der Waals surface area contributed by atoms with Crippen molar-refractivity contribution in [2.45, 2.75) is 13.8 Å². The lowest BCUT2D eigenvalue weighted by Gasteiger charge is -2.14. The second-order valence-corrected chi connectivity index (χ2v) is 5.95. The van der Waals surface area contributed by atoms with Crippen molar-refractivity contribution in [1.82, 2.24) is 0 Å². The molecule has 136 valence electrons. The van der Waals surface area contributed by atoms with Crippen LogP contribution in [0.2, 0.25) is 0 Å². The van der Waals surface area contributed by atoms with E-state index < -0.39 is 0 Å². The lowest BCUT2D eigenvalue weighted by molar-refractivity contribution is 1.15. The Balaban J connectivity index is 2.04. The fourth-order valence-electron chi connectivity index (χ4n) is 2.54. The molecule has 0 fully saturated rings. The minimum absolute atomic E-state index is 0.572. The molecule has 3 aromatic rings. The number of nitrogens with one attached hydrogen (secondary N) is 1. The minimum Gasteiger partial charge on any atom is -0.397 e. The van der Waals surface area contributed by atoms with Gasteiger partial charge < -0.3 is 11.1 Å². The zero-order chi connectivity index (χ0) is 19.1. The first-order chi connectivity index (χ1) is 13.2. The fourth-order valence-corrected chi connectivity index (χ4v) is 2.54. The molecule has 0 bridgehead atoms. The maximum Gasteiger partial charge on any atom is 0.134 e. The highest BCUT2D eigenvalue weighted by molar-refractivity contribution is 5.88. The highest BCUT2D eigenvalue weighted by Crippen LogP contribution is 2.43. The molecule has 0 unspecified atom stereocenters. The van der Waals surface area contributed by atoms with E-state index in [1.54, 1.807) is 0 Å². The van der Waals surface area contributed by atoms with E-state index in [9.17, 15) is 0 Å². The maximum atomic E-state index is 6.29. The third-order valence-electron chi connectivity index (χ3n) is 3.93. The summed E-state index contributed by atoms with van der Waals surface area (Å²) in [6, 6.07) is 21.0. The molecule has 0 atom stereocenters. The van der Waals surface area contributed by atoms with Gasteiger partial charge in [-0.2, -0.15) is 10.2 Å². The van der Waals surface area contributed by atoms with E-state index >= 15 is 0 Å². The van der Waals surface area contributed by atoms with Crippen molar-refractivity contribution in [3.05, 3.63) is 72.3 Å². The van der Waals surface area contributed by atoms with Gasteiger partial charge in [0.05, 0.1) is 22.7 Å². The molecule has 6 nitrogen and oxygen atoms in total. The van der Waals surface area contributed by atoms with Crippen LogP contribution in [0.3, 0.4) is 0 Å². The Morgan fingerprint density at radius 1 is 0.815 bits per heavy atom. The van der Waals surface area contributed by atoms with Gasteiger partial charge in [-0.15, -0.1) is 10.2 Å². The number of nitrogen functional groups attached to an aromatic ring is 1. The van der Waals surface area contributed by atoms with E-state index in [2.05, 4.69) is 25.8 Å². The molecule has 0 saturated carbocycles. The molecule has 0 amide bonds. The van der Waals surface area contributed by atoms with Gasteiger partial charge in [0.1, 0.15) is 11.4 Å². The van der Waals surface area contributed by atoms with Gasteiger partial charge >= 0.3 is 0 Å². The van der Waals surface area contributed by atoms with Crippen LogP contribution in [0, 0.1) is 6.92 Å². The molecule has 6 heteroatoms. The molecule has 27 heavy (non-hydrogen) atoms. The molecule has 0 saturated heterocycles. The lowest BCUT2D eigenvalue weighted by atomic mass is 10.1. The van der Waals surface area contributed by atoms with Gasteiger partial charge in [0.25, 0.3) is 0 Å². The van der Waals surface area contributed by atoms with Crippen LogP contribution in [0.15, 0.2) is 87.2 Å². The van der Waals surface area contributed by atoms with Gasteiger partial charge in [-0.1, -0.05) is 36.4 Å². The zero-order valence-corrected chi connectivity index (χ0v) is 15.4. The predicted octanol–water partition coefficient (Wildman–Crippen LogP) is 6.84. The summed E-state index contributed by atoms with van der Waals surface area (Å²) >= 11 is 0. The average Bonchev–Trinajstić information content (AvgIpc) is 2.71. The molecular formula is C21H22N6. The molecule has 0 aromatic heterocycles. The number of nitrogens with two attached hydrogens (primary N) is 1. The van der Waals surface area contributed by atoms with Crippen molar-refractivity contribution >= 4 is 34.1 Å². The van der Waals surface area contributed by atoms with Crippen molar-refractivity contribution in [2.24, 2.45) is 20.5 Å². The zero-order valence-electron chi connectivity index (χ0n) is 15.4. The number of benzene rings is 3. The Hall–Kier alpha value is -3.54. The van der Waals surface area contributed by atoms with E-state index in [1.807, 2.05) is 80.6 Å². The quantitative estimate of drug-likeness (QED) is 0.373. The van der Waals surface area contributed by atoms with Gasteiger partial charge in [0, 0.05) is 6.54 Å². The summed E-state index contributed by atoms with van der Waals surface area (Å²) < 4.78 is 0. The smallest absolute Gasteiger partial charge is 0.134 e. The maximum absolute atomic E-state index is 6.29. The summed E-state index contributed by atoms with van der Waals surface area (Å²) in [6.07, 6.45) is 0. The van der Waals surface area contributed by atoms with Gasteiger partial charge in [0.15, 0.2) is 0 Å². The monoisotopic (exact) mass is 358 g/mol. The van der Waals surface area contributed by atoms with Crippen molar-refractivity contribution in [3.63, 3.8) is 0 Å². The molecule has 3 aromatic carbocycles. The molecule has 0 aliphatic carbocycles. The normalized spacial score (nSPS) is 11.3. The number of rotatable bonds is 6. The molecule has 0 aliphatic heterocycles. The van der Waals surface area contributed by atoms with Crippen LogP contribution in [0.1, 0.15) is 12.5 Å². The number of anilines is 2. The summed E-state index contributed by atoms with van der Waals surface area (Å²) in [5.41, 5.74) is 11.2. The Morgan fingerprint density at radius 2 is 1.37 bits per heavy atom. The van der Waals surface area contributed by atoms with Gasteiger partial charge in [-0.05, 0) is 49.7 Å². The highest BCUT2D eigenvalue weighted by Gasteiger charge is 2.14. The predicted molar refractivity (Wildman–Crippen MR) is 111 cm³/mol. The summed E-state index contributed by atoms with van der Waals surface area (Å²) in [6.45, 7) is 4.63. The number of azo groups is 2. The molecule has 3 N–H and O–H groups in total. The van der Waals surface area contributed by atoms with Crippen LogP contribution in [0.5, 0.6) is 0 Å². The standard InChI is InChI=1S/C21H22N6/c1-3-23-20-18(26-24-16-10-6-4-7-11-16)14-15(2)19(22)21(20)27-25-17-12-8-5-9-13-17/h4-14,23H,3,22H2,1-2H3. The fraction of sp³-hybridized carbons (Fsp3) is 0.143. The van der Waals surface area contributed by atoms with Gasteiger partial charge in [0.2, 0.25) is 0 Å². The van der Waals surface area contributed by atoms with Crippen molar-refractivity contribution in [2.75, 3.05) is 17.6 Å². The van der Waals surface area contributed by atoms with Crippen molar-refractivity contribution < 1.29 is 0 Å². The summed E-state index contributed by atoms with van der Waals surface area (Å²) in [5, 5.41) is 20.8. The van der Waals surface area contributed by atoms with E-state index in [0.29, 0.717) is 23.6 Å². The molecule has 0 heterocycles. The Bertz CT molecular complexity index is 949. The number of hydrogen-bond acceptors (Lipinski definition) is 6. The number of aryl methyl sites for hydroxylation is 1.